The van der Waals surface area contributed by atoms with E-state index in [1.807, 2.05) is 39.0 Å². The molecule has 1 amide bonds. The summed E-state index contributed by atoms with van der Waals surface area (Å²) in [5, 5.41) is 17.6. The van der Waals surface area contributed by atoms with E-state index in [9.17, 15) is 18.7 Å². The van der Waals surface area contributed by atoms with Crippen molar-refractivity contribution in [2.45, 2.75) is 72.3 Å². The molecule has 4 rings (SSSR count). The van der Waals surface area contributed by atoms with Crippen LogP contribution in [-0.4, -0.2) is 42.8 Å². The monoisotopic (exact) mass is 537 g/mol. The zero-order chi connectivity index (χ0) is 28.7. The van der Waals surface area contributed by atoms with Crippen LogP contribution in [-0.2, 0) is 4.79 Å². The van der Waals surface area contributed by atoms with Crippen molar-refractivity contribution in [1.82, 2.24) is 19.7 Å². The molecule has 208 valence electrons. The molecule has 9 heteroatoms. The van der Waals surface area contributed by atoms with Crippen LogP contribution in [0.1, 0.15) is 65.9 Å². The highest BCUT2D eigenvalue weighted by Crippen LogP contribution is 2.49. The summed E-state index contributed by atoms with van der Waals surface area (Å²) in [5.74, 6) is -4.32. The highest BCUT2D eigenvalue weighted by atomic mass is 19.3. The molecule has 3 aromatic rings. The number of allylic oxidation sites excluding steroid dienone is 3. The van der Waals surface area contributed by atoms with Crippen LogP contribution < -0.4 is 5.32 Å². The fraction of sp³-hybridized carbons (Fsp3) is 0.400. The minimum absolute atomic E-state index is 0.157. The third-order valence-electron chi connectivity index (χ3n) is 6.51. The molecule has 3 heterocycles. The largest absolute Gasteiger partial charge is 0.388 e. The number of fused-ring (bicyclic) bond motifs is 1. The van der Waals surface area contributed by atoms with Gasteiger partial charge in [-0.2, -0.15) is 5.10 Å². The maximum atomic E-state index is 13.2. The van der Waals surface area contributed by atoms with Gasteiger partial charge in [0.25, 0.3) is 5.92 Å². The number of hydrogen-bond donors (Lipinski definition) is 2. The Hall–Kier alpha value is -3.72. The molecule has 0 radical (unpaired) electrons. The topological polar surface area (TPSA) is 92.9 Å². The van der Waals surface area contributed by atoms with E-state index < -0.39 is 30.3 Å². The molecule has 3 aromatic heterocycles. The van der Waals surface area contributed by atoms with Crippen LogP contribution in [0.25, 0.3) is 22.3 Å². The van der Waals surface area contributed by atoms with E-state index in [0.717, 1.165) is 16.7 Å². The van der Waals surface area contributed by atoms with Gasteiger partial charge in [-0.25, -0.2) is 23.4 Å². The van der Waals surface area contributed by atoms with Crippen molar-refractivity contribution >= 4 is 28.2 Å². The van der Waals surface area contributed by atoms with Crippen molar-refractivity contribution < 1.29 is 18.7 Å². The number of unbranched alkanes of at least 4 members (excludes halogenated alkanes) is 1. The second-order valence-corrected chi connectivity index (χ2v) is 9.61. The van der Waals surface area contributed by atoms with Crippen molar-refractivity contribution in [2.75, 3.05) is 5.32 Å². The fourth-order valence-electron chi connectivity index (χ4n) is 3.91. The molecular weight excluding hydrogens is 500 g/mol. The number of hydrogen-bond acceptors (Lipinski definition) is 5. The second-order valence-electron chi connectivity index (χ2n) is 9.61. The van der Waals surface area contributed by atoms with Crippen LogP contribution in [0.2, 0.25) is 0 Å². The lowest BCUT2D eigenvalue weighted by Crippen LogP contribution is -2.18. The van der Waals surface area contributed by atoms with Crippen LogP contribution in [0.5, 0.6) is 0 Å². The molecule has 0 spiro atoms. The van der Waals surface area contributed by atoms with Crippen LogP contribution in [0.15, 0.2) is 66.7 Å². The van der Waals surface area contributed by atoms with Gasteiger partial charge in [0, 0.05) is 42.0 Å². The van der Waals surface area contributed by atoms with E-state index in [1.165, 1.54) is 12.8 Å². The minimum Gasteiger partial charge on any atom is -0.388 e. The predicted molar refractivity (Wildman–Crippen MR) is 152 cm³/mol. The first-order chi connectivity index (χ1) is 18.6. The molecule has 39 heavy (non-hydrogen) atoms. The van der Waals surface area contributed by atoms with E-state index in [-0.39, 0.29) is 5.82 Å². The smallest absolute Gasteiger partial charge is 0.260 e. The number of halogens is 2. The molecule has 1 aliphatic carbocycles. The van der Waals surface area contributed by atoms with Crippen molar-refractivity contribution in [3.8, 4) is 5.82 Å². The lowest BCUT2D eigenvalue weighted by atomic mass is 9.95. The number of amides is 1. The summed E-state index contributed by atoms with van der Waals surface area (Å²) < 4.78 is 28.1. The van der Waals surface area contributed by atoms with Gasteiger partial charge in [-0.15, -0.1) is 0 Å². The van der Waals surface area contributed by atoms with E-state index in [4.69, 9.17) is 4.98 Å². The third kappa shape index (κ3) is 7.23. The lowest BCUT2D eigenvalue weighted by Gasteiger charge is -2.16. The van der Waals surface area contributed by atoms with Gasteiger partial charge >= 0.3 is 0 Å². The number of aliphatic hydroxyl groups is 1. The Balaban J connectivity index is 0.000000983. The Kier molecular flexibility index (Phi) is 9.86. The van der Waals surface area contributed by atoms with Gasteiger partial charge in [0.05, 0.1) is 11.6 Å². The normalized spacial score (nSPS) is 17.3. The van der Waals surface area contributed by atoms with Crippen molar-refractivity contribution in [1.29, 1.82) is 0 Å². The molecule has 2 unspecified atom stereocenters. The zero-order valence-corrected chi connectivity index (χ0v) is 23.2. The molecule has 0 bridgehead atoms. The standard InChI is InChI=1S/C26H27F2N5O2.C4H10/c1-5-18(15(3)10-16(4)22(34)6-2)19-11-17-14-29-23(32-25(35)20-13-26(20,27)28)12-21(17)31-24(19)33-9-7-8-30-33;1-3-4-2/h5,7-12,14,20,22,34H,4,6,13H2,1-3H3,(H,29,32,35);3-4H2,1-2H3/b15-10-,18-5+;. The molecule has 1 saturated carbocycles. The summed E-state index contributed by atoms with van der Waals surface area (Å²) in [6.45, 7) is 14.1. The number of aliphatic hydroxyl groups excluding tert-OH is 1. The van der Waals surface area contributed by atoms with E-state index in [2.05, 4.69) is 35.8 Å². The Labute approximate surface area is 228 Å². The number of carbonyl (C=O) groups excluding carboxylic acids is 1. The number of rotatable bonds is 9. The summed E-state index contributed by atoms with van der Waals surface area (Å²) in [4.78, 5) is 21.1. The summed E-state index contributed by atoms with van der Waals surface area (Å²) in [7, 11) is 0. The molecule has 0 saturated heterocycles. The maximum Gasteiger partial charge on any atom is 0.260 e. The molecule has 0 aliphatic heterocycles. The van der Waals surface area contributed by atoms with Gasteiger partial charge < -0.3 is 10.4 Å². The first-order valence-corrected chi connectivity index (χ1v) is 13.3. The Morgan fingerprint density at radius 3 is 2.54 bits per heavy atom. The summed E-state index contributed by atoms with van der Waals surface area (Å²) in [6, 6.07) is 5.25. The first kappa shape index (κ1) is 29.8. The van der Waals surface area contributed by atoms with E-state index >= 15 is 0 Å². The number of pyridine rings is 2. The summed E-state index contributed by atoms with van der Waals surface area (Å²) >= 11 is 0. The van der Waals surface area contributed by atoms with E-state index in [1.54, 1.807) is 35.4 Å². The number of nitrogens with one attached hydrogen (secondary N) is 1. The van der Waals surface area contributed by atoms with Gasteiger partial charge in [0.1, 0.15) is 11.7 Å². The van der Waals surface area contributed by atoms with Gasteiger partial charge in [-0.05, 0) is 49.1 Å². The number of aromatic nitrogens is 4. The molecular formula is C30H37F2N5O2. The van der Waals surface area contributed by atoms with Crippen LogP contribution >= 0.6 is 0 Å². The number of nitrogens with zero attached hydrogens (tertiary/aromatic N) is 4. The quantitative estimate of drug-likeness (QED) is 0.290. The summed E-state index contributed by atoms with van der Waals surface area (Å²) in [5.41, 5.74) is 3.69. The Bertz CT molecular complexity index is 1380. The SMILES string of the molecule is C=C(/C=C(C)\C(=C/C)c1cc2cnc(NC(=O)C3CC3(F)F)cc2nc1-n1cccn1)C(O)CC.CCCC. The average Bonchev–Trinajstić information content (AvgIpc) is 3.28. The molecule has 2 atom stereocenters. The molecule has 2 N–H and O–H groups in total. The fourth-order valence-corrected chi connectivity index (χ4v) is 3.91. The average molecular weight is 538 g/mol. The predicted octanol–water partition coefficient (Wildman–Crippen LogP) is 6.89. The number of alkyl halides is 2. The van der Waals surface area contributed by atoms with Gasteiger partial charge in [-0.3, -0.25) is 4.79 Å². The van der Waals surface area contributed by atoms with Gasteiger partial charge in [-0.1, -0.05) is 52.3 Å². The van der Waals surface area contributed by atoms with Crippen LogP contribution in [0.4, 0.5) is 14.6 Å². The maximum absolute atomic E-state index is 13.2. The Morgan fingerprint density at radius 2 is 2.00 bits per heavy atom. The second kappa shape index (κ2) is 12.9. The molecule has 1 aliphatic rings. The van der Waals surface area contributed by atoms with Gasteiger partial charge in [0.2, 0.25) is 5.91 Å². The molecule has 7 nitrogen and oxygen atoms in total. The minimum atomic E-state index is -2.95. The Morgan fingerprint density at radius 1 is 1.31 bits per heavy atom. The van der Waals surface area contributed by atoms with Crippen molar-refractivity contribution in [3.05, 3.63) is 72.2 Å². The highest BCUT2D eigenvalue weighted by molar-refractivity contribution is 5.96. The highest BCUT2D eigenvalue weighted by Gasteiger charge is 2.61. The first-order valence-electron chi connectivity index (χ1n) is 13.3. The van der Waals surface area contributed by atoms with Crippen LogP contribution in [0, 0.1) is 5.92 Å². The third-order valence-corrected chi connectivity index (χ3v) is 6.51. The van der Waals surface area contributed by atoms with Gasteiger partial charge in [0.15, 0.2) is 5.82 Å². The number of carbonyl (C=O) groups is 1. The molecule has 1 fully saturated rings. The summed E-state index contributed by atoms with van der Waals surface area (Å²) in [6.07, 6.45) is 10.9. The number of anilines is 1. The van der Waals surface area contributed by atoms with Crippen LogP contribution in [0.3, 0.4) is 0 Å². The van der Waals surface area contributed by atoms with Crippen molar-refractivity contribution in [2.24, 2.45) is 5.92 Å². The van der Waals surface area contributed by atoms with E-state index in [0.29, 0.717) is 28.7 Å². The molecule has 0 aromatic carbocycles. The zero-order valence-electron chi connectivity index (χ0n) is 23.2. The van der Waals surface area contributed by atoms with Crippen molar-refractivity contribution in [3.63, 3.8) is 0 Å². The lowest BCUT2D eigenvalue weighted by molar-refractivity contribution is -0.119.